The van der Waals surface area contributed by atoms with Crippen molar-refractivity contribution in [3.8, 4) is 16.2 Å². The van der Waals surface area contributed by atoms with Crippen LogP contribution in [0.25, 0.3) is 26.9 Å². The molecule has 0 aliphatic heterocycles. The standard InChI is InChI=1S/C22H16ClN3O3S.C2H6/c1-29-15-7-8-17(23)16(11-15)19-12-18-20(30-19)21(27)26(22(28)25-18)10-9-24-13-14-5-3-2-4-6-14;1-2/h2-13H,1H3,(H,25,28);1-2H3/b10-9+,24-13?;. The molecule has 0 atom stereocenters. The zero-order chi connectivity index (χ0) is 23.1. The fraction of sp³-hybridized carbons (Fsp3) is 0.125. The summed E-state index contributed by atoms with van der Waals surface area (Å²) in [5.41, 5.74) is 1.14. The van der Waals surface area contributed by atoms with Gasteiger partial charge >= 0.3 is 5.69 Å². The lowest BCUT2D eigenvalue weighted by Gasteiger charge is -2.04. The molecule has 32 heavy (non-hydrogen) atoms. The van der Waals surface area contributed by atoms with Crippen LogP contribution in [0, 0.1) is 0 Å². The third-order valence-corrected chi connectivity index (χ3v) is 5.86. The van der Waals surface area contributed by atoms with Gasteiger partial charge in [-0.15, -0.1) is 11.3 Å². The van der Waals surface area contributed by atoms with E-state index < -0.39 is 11.2 Å². The minimum Gasteiger partial charge on any atom is -0.497 e. The van der Waals surface area contributed by atoms with Crippen molar-refractivity contribution in [2.24, 2.45) is 4.99 Å². The first-order valence-corrected chi connectivity index (χ1v) is 11.1. The highest BCUT2D eigenvalue weighted by atomic mass is 35.5. The number of aromatic nitrogens is 2. The zero-order valence-corrected chi connectivity index (χ0v) is 19.4. The number of hydrogen-bond donors (Lipinski definition) is 1. The quantitative estimate of drug-likeness (QED) is 0.385. The molecule has 1 N–H and O–H groups in total. The molecule has 0 unspecified atom stereocenters. The molecule has 164 valence electrons. The maximum Gasteiger partial charge on any atom is 0.333 e. The summed E-state index contributed by atoms with van der Waals surface area (Å²) >= 11 is 7.57. The van der Waals surface area contributed by atoms with E-state index in [0.29, 0.717) is 21.0 Å². The van der Waals surface area contributed by atoms with Crippen molar-refractivity contribution in [2.45, 2.75) is 13.8 Å². The number of benzene rings is 2. The number of hydrogen-bond acceptors (Lipinski definition) is 5. The van der Waals surface area contributed by atoms with Gasteiger partial charge in [0.2, 0.25) is 0 Å². The van der Waals surface area contributed by atoms with Gasteiger partial charge in [-0.1, -0.05) is 55.8 Å². The molecule has 0 bridgehead atoms. The van der Waals surface area contributed by atoms with E-state index in [2.05, 4.69) is 9.98 Å². The Kier molecular flexibility index (Phi) is 7.81. The number of nitrogens with one attached hydrogen (secondary N) is 1. The van der Waals surface area contributed by atoms with Crippen molar-refractivity contribution in [3.63, 3.8) is 0 Å². The summed E-state index contributed by atoms with van der Waals surface area (Å²) in [6.07, 6.45) is 4.39. The lowest BCUT2D eigenvalue weighted by atomic mass is 10.2. The Hall–Kier alpha value is -3.42. The Bertz CT molecular complexity index is 1390. The zero-order valence-electron chi connectivity index (χ0n) is 17.8. The lowest BCUT2D eigenvalue weighted by Crippen LogP contribution is -2.30. The maximum absolute atomic E-state index is 12.9. The number of aliphatic imine (C=N–C) groups is 1. The van der Waals surface area contributed by atoms with Crippen LogP contribution in [-0.4, -0.2) is 22.9 Å². The van der Waals surface area contributed by atoms with E-state index in [-0.39, 0.29) is 0 Å². The van der Waals surface area contributed by atoms with Gasteiger partial charge in [-0.25, -0.2) is 9.36 Å². The summed E-state index contributed by atoms with van der Waals surface area (Å²) in [5.74, 6) is 0.650. The molecule has 0 radical (unpaired) electrons. The molecule has 4 aromatic rings. The van der Waals surface area contributed by atoms with E-state index in [0.717, 1.165) is 20.6 Å². The third kappa shape index (κ3) is 5.07. The minimum absolute atomic E-state index is 0.417. The maximum atomic E-state index is 12.9. The van der Waals surface area contributed by atoms with Crippen molar-refractivity contribution in [1.82, 2.24) is 9.55 Å². The largest absolute Gasteiger partial charge is 0.497 e. The minimum atomic E-state index is -0.542. The molecule has 0 saturated carbocycles. The highest BCUT2D eigenvalue weighted by Crippen LogP contribution is 2.37. The Morgan fingerprint density at radius 2 is 1.84 bits per heavy atom. The second-order valence-corrected chi connectivity index (χ2v) is 7.75. The van der Waals surface area contributed by atoms with Gasteiger partial charge < -0.3 is 9.72 Å². The number of ether oxygens (including phenoxy) is 1. The highest BCUT2D eigenvalue weighted by Gasteiger charge is 2.14. The summed E-state index contributed by atoms with van der Waals surface area (Å²) < 4.78 is 6.67. The Morgan fingerprint density at radius 3 is 2.56 bits per heavy atom. The van der Waals surface area contributed by atoms with Gasteiger partial charge in [-0.05, 0) is 29.8 Å². The van der Waals surface area contributed by atoms with Crippen molar-refractivity contribution in [2.75, 3.05) is 7.11 Å². The van der Waals surface area contributed by atoms with Crippen LogP contribution >= 0.6 is 22.9 Å². The Morgan fingerprint density at radius 1 is 1.09 bits per heavy atom. The van der Waals surface area contributed by atoms with Crippen molar-refractivity contribution < 1.29 is 4.74 Å². The number of fused-ring (bicyclic) bond motifs is 1. The summed E-state index contributed by atoms with van der Waals surface area (Å²) in [6, 6.07) is 16.5. The number of nitrogens with zero attached hydrogens (tertiary/aromatic N) is 2. The molecule has 0 aliphatic rings. The molecule has 0 saturated heterocycles. The van der Waals surface area contributed by atoms with Gasteiger partial charge in [0.1, 0.15) is 10.4 Å². The van der Waals surface area contributed by atoms with Crippen molar-refractivity contribution >= 4 is 45.6 Å². The predicted octanol–water partition coefficient (Wildman–Crippen LogP) is 5.65. The first-order valence-electron chi connectivity index (χ1n) is 9.94. The van der Waals surface area contributed by atoms with E-state index >= 15 is 0 Å². The second-order valence-electron chi connectivity index (χ2n) is 6.29. The van der Waals surface area contributed by atoms with Gasteiger partial charge in [-0.2, -0.15) is 0 Å². The SMILES string of the molecule is CC.COc1ccc(Cl)c(-c2cc3[nH]c(=O)n(/C=C/N=Cc4ccccc4)c(=O)c3s2)c1. The summed E-state index contributed by atoms with van der Waals surface area (Å²) in [4.78, 5) is 32.9. The molecule has 6 nitrogen and oxygen atoms in total. The first-order chi connectivity index (χ1) is 15.6. The number of methoxy groups -OCH3 is 1. The topological polar surface area (TPSA) is 76.5 Å². The number of aromatic amines is 1. The number of H-pyrrole nitrogens is 1. The fourth-order valence-corrected chi connectivity index (χ4v) is 4.24. The number of rotatable bonds is 5. The Labute approximate surface area is 194 Å². The smallest absolute Gasteiger partial charge is 0.333 e. The molecule has 0 aliphatic carbocycles. The van der Waals surface area contributed by atoms with Crippen LogP contribution < -0.4 is 16.0 Å². The fourth-order valence-electron chi connectivity index (χ4n) is 2.88. The van der Waals surface area contributed by atoms with Gasteiger partial charge in [0, 0.05) is 34.1 Å². The second kappa shape index (κ2) is 10.7. The van der Waals surface area contributed by atoms with Crippen LogP contribution in [0.5, 0.6) is 5.75 Å². The van der Waals surface area contributed by atoms with Crippen molar-refractivity contribution in [3.05, 3.63) is 92.2 Å². The normalized spacial score (nSPS) is 11.1. The molecule has 2 heterocycles. The monoisotopic (exact) mass is 467 g/mol. The van der Waals surface area contributed by atoms with Crippen LogP contribution in [0.2, 0.25) is 5.02 Å². The van der Waals surface area contributed by atoms with Gasteiger partial charge in [0.25, 0.3) is 5.56 Å². The lowest BCUT2D eigenvalue weighted by molar-refractivity contribution is 0.415. The molecule has 8 heteroatoms. The van der Waals surface area contributed by atoms with Crippen LogP contribution in [-0.2, 0) is 0 Å². The predicted molar refractivity (Wildman–Crippen MR) is 134 cm³/mol. The van der Waals surface area contributed by atoms with E-state index in [4.69, 9.17) is 16.3 Å². The average molecular weight is 468 g/mol. The highest BCUT2D eigenvalue weighted by molar-refractivity contribution is 7.22. The Balaban J connectivity index is 0.00000141. The summed E-state index contributed by atoms with van der Waals surface area (Å²) in [5, 5.41) is 0.528. The molecular weight excluding hydrogens is 446 g/mol. The van der Waals surface area contributed by atoms with Crippen LogP contribution in [0.3, 0.4) is 0 Å². The van der Waals surface area contributed by atoms with Gasteiger partial charge in [-0.3, -0.25) is 9.79 Å². The van der Waals surface area contributed by atoms with Crippen LogP contribution in [0.1, 0.15) is 19.4 Å². The average Bonchev–Trinajstić information content (AvgIpc) is 3.24. The molecule has 0 amide bonds. The van der Waals surface area contributed by atoms with E-state index in [1.807, 2.05) is 44.2 Å². The number of halogens is 1. The molecule has 4 rings (SSSR count). The molecule has 0 fully saturated rings. The van der Waals surface area contributed by atoms with Crippen LogP contribution in [0.4, 0.5) is 0 Å². The summed E-state index contributed by atoms with van der Waals surface area (Å²) in [7, 11) is 1.57. The molecule has 0 spiro atoms. The van der Waals surface area contributed by atoms with E-state index in [9.17, 15) is 9.59 Å². The summed E-state index contributed by atoms with van der Waals surface area (Å²) in [6.45, 7) is 4.00. The molecule has 2 aromatic carbocycles. The van der Waals surface area contributed by atoms with Gasteiger partial charge in [0.15, 0.2) is 0 Å². The molecular formula is C24H22ClN3O3S. The van der Waals surface area contributed by atoms with Gasteiger partial charge in [0.05, 0.1) is 12.6 Å². The van der Waals surface area contributed by atoms with Crippen LogP contribution in [0.15, 0.2) is 75.4 Å². The van der Waals surface area contributed by atoms with E-state index in [1.54, 1.807) is 37.6 Å². The molecule has 2 aromatic heterocycles. The first kappa shape index (κ1) is 23.2. The van der Waals surface area contributed by atoms with Crippen molar-refractivity contribution in [1.29, 1.82) is 0 Å². The number of thiophene rings is 1. The third-order valence-electron chi connectivity index (χ3n) is 4.37. The van der Waals surface area contributed by atoms with E-state index in [1.165, 1.54) is 23.7 Å².